The van der Waals surface area contributed by atoms with Crippen LogP contribution in [0.25, 0.3) is 0 Å². The first-order valence-corrected chi connectivity index (χ1v) is 6.65. The molecular weight excluding hydrogens is 291 g/mol. The maximum absolute atomic E-state index is 12.3. The van der Waals surface area contributed by atoms with E-state index in [4.69, 9.17) is 28.3 Å². The largest absolute Gasteiger partial charge is 0.481 e. The molecule has 1 aromatic heterocycles. The molecule has 0 atom stereocenters. The Kier molecular flexibility index (Phi) is 5.69. The molecule has 0 saturated carbocycles. The molecule has 0 saturated heterocycles. The second kappa shape index (κ2) is 6.82. The van der Waals surface area contributed by atoms with Crippen LogP contribution in [-0.2, 0) is 4.79 Å². The van der Waals surface area contributed by atoms with Crippen LogP contribution < -0.4 is 0 Å². The first kappa shape index (κ1) is 15.9. The highest BCUT2D eigenvalue weighted by molar-refractivity contribution is 6.41. The van der Waals surface area contributed by atoms with E-state index in [9.17, 15) is 9.59 Å². The third-order valence-corrected chi connectivity index (χ3v) is 3.32. The number of carbonyl (C=O) groups excluding carboxylic acids is 1. The van der Waals surface area contributed by atoms with E-state index in [1.807, 2.05) is 13.8 Å². The molecule has 0 fully saturated rings. The summed E-state index contributed by atoms with van der Waals surface area (Å²) in [5.74, 6) is -1.11. The fourth-order valence-electron chi connectivity index (χ4n) is 1.67. The molecule has 0 aliphatic rings. The van der Waals surface area contributed by atoms with Crippen molar-refractivity contribution in [3.05, 3.63) is 21.9 Å². The third-order valence-electron chi connectivity index (χ3n) is 2.63. The van der Waals surface area contributed by atoms with Gasteiger partial charge in [-0.15, -0.1) is 0 Å². The van der Waals surface area contributed by atoms with E-state index in [0.29, 0.717) is 23.7 Å². The van der Waals surface area contributed by atoms with Crippen molar-refractivity contribution in [1.29, 1.82) is 0 Å². The van der Waals surface area contributed by atoms with Crippen LogP contribution in [0.1, 0.15) is 37.2 Å². The molecule has 0 spiro atoms. The number of amides is 1. The SMILES string of the molecule is CC(C)N(CCCC(=O)O)C(=O)c1cc(Cl)c(Cl)[nH]1. The topological polar surface area (TPSA) is 73.4 Å². The second-order valence-corrected chi connectivity index (χ2v) is 5.22. The summed E-state index contributed by atoms with van der Waals surface area (Å²) in [6.07, 6.45) is 0.435. The molecule has 1 amide bonds. The number of carboxylic acids is 1. The van der Waals surface area contributed by atoms with Gasteiger partial charge in [-0.1, -0.05) is 23.2 Å². The molecule has 106 valence electrons. The van der Waals surface area contributed by atoms with Gasteiger partial charge >= 0.3 is 5.97 Å². The van der Waals surface area contributed by atoms with E-state index in [-0.39, 0.29) is 23.5 Å². The summed E-state index contributed by atoms with van der Waals surface area (Å²) in [7, 11) is 0. The van der Waals surface area contributed by atoms with E-state index in [0.717, 1.165) is 0 Å². The van der Waals surface area contributed by atoms with Crippen LogP contribution in [0.4, 0.5) is 0 Å². The average molecular weight is 307 g/mol. The number of rotatable bonds is 6. The van der Waals surface area contributed by atoms with Crippen LogP contribution in [0, 0.1) is 0 Å². The zero-order valence-corrected chi connectivity index (χ0v) is 12.3. The first-order chi connectivity index (χ1) is 8.82. The molecule has 7 heteroatoms. The molecule has 1 aromatic rings. The van der Waals surface area contributed by atoms with Crippen molar-refractivity contribution in [2.45, 2.75) is 32.7 Å². The summed E-state index contributed by atoms with van der Waals surface area (Å²) >= 11 is 11.6. The zero-order valence-electron chi connectivity index (χ0n) is 10.7. The van der Waals surface area contributed by atoms with Gasteiger partial charge in [0.05, 0.1) is 5.02 Å². The maximum atomic E-state index is 12.3. The van der Waals surface area contributed by atoms with E-state index >= 15 is 0 Å². The van der Waals surface area contributed by atoms with Crippen molar-refractivity contribution >= 4 is 35.1 Å². The van der Waals surface area contributed by atoms with Gasteiger partial charge in [-0.2, -0.15) is 0 Å². The minimum absolute atomic E-state index is 0.0305. The number of halogens is 2. The highest BCUT2D eigenvalue weighted by Crippen LogP contribution is 2.23. The fraction of sp³-hybridized carbons (Fsp3) is 0.500. The molecule has 0 radical (unpaired) electrons. The summed E-state index contributed by atoms with van der Waals surface area (Å²) in [5, 5.41) is 9.13. The van der Waals surface area contributed by atoms with Crippen molar-refractivity contribution < 1.29 is 14.7 Å². The number of aromatic amines is 1. The molecular formula is C12H16Cl2N2O3. The number of nitrogens with one attached hydrogen (secondary N) is 1. The Morgan fingerprint density at radius 3 is 2.47 bits per heavy atom. The van der Waals surface area contributed by atoms with Crippen molar-refractivity contribution in [2.24, 2.45) is 0 Å². The van der Waals surface area contributed by atoms with Crippen LogP contribution in [0.2, 0.25) is 10.2 Å². The Morgan fingerprint density at radius 2 is 2.05 bits per heavy atom. The number of H-pyrrole nitrogens is 1. The highest BCUT2D eigenvalue weighted by atomic mass is 35.5. The lowest BCUT2D eigenvalue weighted by Gasteiger charge is -2.26. The normalized spacial score (nSPS) is 10.8. The van der Waals surface area contributed by atoms with Gasteiger partial charge in [0.25, 0.3) is 5.91 Å². The smallest absolute Gasteiger partial charge is 0.303 e. The molecule has 1 heterocycles. The Morgan fingerprint density at radius 1 is 1.42 bits per heavy atom. The number of aromatic nitrogens is 1. The summed E-state index contributed by atoms with van der Waals surface area (Å²) in [6, 6.07) is 1.43. The van der Waals surface area contributed by atoms with Gasteiger partial charge in [-0.05, 0) is 26.3 Å². The van der Waals surface area contributed by atoms with E-state index in [1.54, 1.807) is 4.90 Å². The van der Waals surface area contributed by atoms with Crippen LogP contribution in [0.3, 0.4) is 0 Å². The third kappa shape index (κ3) is 4.44. The second-order valence-electron chi connectivity index (χ2n) is 4.43. The lowest BCUT2D eigenvalue weighted by atomic mass is 10.2. The molecule has 0 aliphatic heterocycles. The van der Waals surface area contributed by atoms with E-state index in [1.165, 1.54) is 6.07 Å². The number of hydrogen-bond donors (Lipinski definition) is 2. The van der Waals surface area contributed by atoms with Gasteiger partial charge < -0.3 is 15.0 Å². The molecule has 0 aliphatic carbocycles. The number of nitrogens with zero attached hydrogens (tertiary/aromatic N) is 1. The Balaban J connectivity index is 2.75. The van der Waals surface area contributed by atoms with Gasteiger partial charge in [0.1, 0.15) is 10.8 Å². The molecule has 1 rings (SSSR count). The summed E-state index contributed by atoms with van der Waals surface area (Å²) in [5.41, 5.74) is 0.305. The maximum Gasteiger partial charge on any atom is 0.303 e. The lowest BCUT2D eigenvalue weighted by Crippen LogP contribution is -2.38. The number of aliphatic carboxylic acids is 1. The van der Waals surface area contributed by atoms with Gasteiger partial charge in [-0.3, -0.25) is 9.59 Å². The number of carboxylic acid groups (broad SMARTS) is 1. The van der Waals surface area contributed by atoms with Gasteiger partial charge in [0.2, 0.25) is 0 Å². The van der Waals surface area contributed by atoms with E-state index < -0.39 is 5.97 Å². The van der Waals surface area contributed by atoms with E-state index in [2.05, 4.69) is 4.98 Å². The lowest BCUT2D eigenvalue weighted by molar-refractivity contribution is -0.137. The minimum atomic E-state index is -0.873. The van der Waals surface area contributed by atoms with Crippen molar-refractivity contribution in [1.82, 2.24) is 9.88 Å². The number of hydrogen-bond acceptors (Lipinski definition) is 2. The summed E-state index contributed by atoms with van der Waals surface area (Å²) in [6.45, 7) is 4.10. The van der Waals surface area contributed by atoms with Gasteiger partial charge in [-0.25, -0.2) is 0 Å². The highest BCUT2D eigenvalue weighted by Gasteiger charge is 2.21. The Bertz CT molecular complexity index is 452. The summed E-state index contributed by atoms with van der Waals surface area (Å²) < 4.78 is 0. The molecule has 2 N–H and O–H groups in total. The average Bonchev–Trinajstić information content (AvgIpc) is 2.63. The fourth-order valence-corrected chi connectivity index (χ4v) is 1.98. The van der Waals surface area contributed by atoms with Crippen molar-refractivity contribution in [3.8, 4) is 0 Å². The molecule has 0 unspecified atom stereocenters. The first-order valence-electron chi connectivity index (χ1n) is 5.89. The molecule has 5 nitrogen and oxygen atoms in total. The van der Waals surface area contributed by atoms with Gasteiger partial charge in [0.15, 0.2) is 0 Å². The predicted molar refractivity (Wildman–Crippen MR) is 73.9 cm³/mol. The Labute approximate surface area is 121 Å². The molecule has 0 bridgehead atoms. The molecule has 19 heavy (non-hydrogen) atoms. The predicted octanol–water partition coefficient (Wildman–Crippen LogP) is 3.04. The quantitative estimate of drug-likeness (QED) is 0.848. The van der Waals surface area contributed by atoms with Crippen molar-refractivity contribution in [3.63, 3.8) is 0 Å². The standard InChI is InChI=1S/C12H16Cl2N2O3/c1-7(2)16(5-3-4-10(17)18)12(19)9-6-8(13)11(14)15-9/h6-7,15H,3-5H2,1-2H3,(H,17,18). The van der Waals surface area contributed by atoms with Gasteiger partial charge in [0, 0.05) is 19.0 Å². The van der Waals surface area contributed by atoms with Crippen LogP contribution in [0.15, 0.2) is 6.07 Å². The van der Waals surface area contributed by atoms with Crippen LogP contribution >= 0.6 is 23.2 Å². The summed E-state index contributed by atoms with van der Waals surface area (Å²) in [4.78, 5) is 27.0. The Hall–Kier alpha value is -1.20. The van der Waals surface area contributed by atoms with Crippen LogP contribution in [0.5, 0.6) is 0 Å². The zero-order chi connectivity index (χ0) is 14.6. The number of carbonyl (C=O) groups is 2. The minimum Gasteiger partial charge on any atom is -0.481 e. The molecule has 0 aromatic carbocycles. The van der Waals surface area contributed by atoms with Crippen LogP contribution in [-0.4, -0.2) is 39.5 Å². The van der Waals surface area contributed by atoms with Crippen molar-refractivity contribution in [2.75, 3.05) is 6.54 Å². The monoisotopic (exact) mass is 306 g/mol.